The highest BCUT2D eigenvalue weighted by molar-refractivity contribution is 5.72. The van der Waals surface area contributed by atoms with Gasteiger partial charge in [0.05, 0.1) is 0 Å². The number of carbonyl (C=O) groups is 1. The molecule has 28 heavy (non-hydrogen) atoms. The van der Waals surface area contributed by atoms with Crippen molar-refractivity contribution >= 4 is 5.97 Å². The van der Waals surface area contributed by atoms with Crippen molar-refractivity contribution in [3.05, 3.63) is 65.7 Å². The summed E-state index contributed by atoms with van der Waals surface area (Å²) in [6, 6.07) is 12.8. The van der Waals surface area contributed by atoms with Crippen LogP contribution < -0.4 is 4.74 Å². The van der Waals surface area contributed by atoms with Crippen molar-refractivity contribution in [2.24, 2.45) is 0 Å². The van der Waals surface area contributed by atoms with E-state index < -0.39 is 12.1 Å². The third kappa shape index (κ3) is 4.95. The second kappa shape index (κ2) is 9.14. The Kier molecular flexibility index (Phi) is 6.39. The second-order valence-electron chi connectivity index (χ2n) is 6.16. The Bertz CT molecular complexity index is 906. The first kappa shape index (κ1) is 19.6. The molecule has 0 spiro atoms. The van der Waals surface area contributed by atoms with Gasteiger partial charge in [0.2, 0.25) is 5.89 Å². The number of pyridine rings is 1. The minimum atomic E-state index is -0.965. The number of aromatic nitrogens is 2. The standard InChI is InChI=1S/C21H22N2O5/c1-3-26-19(21(24)25)12-15-7-9-16(10-8-15)27-13-18-14(2)28-20(23-18)17-6-4-5-11-22-17/h4-11,19H,3,12-13H2,1-2H3,(H,24,25)/t19-/m0/s1. The maximum absolute atomic E-state index is 11.2. The fourth-order valence-corrected chi connectivity index (χ4v) is 2.67. The number of hydrogen-bond donors (Lipinski definition) is 1. The van der Waals surface area contributed by atoms with E-state index in [1.54, 1.807) is 25.3 Å². The van der Waals surface area contributed by atoms with Gasteiger partial charge in [0.25, 0.3) is 0 Å². The number of ether oxygens (including phenoxy) is 2. The summed E-state index contributed by atoms with van der Waals surface area (Å²) in [5, 5.41) is 9.17. The maximum atomic E-state index is 11.2. The van der Waals surface area contributed by atoms with Crippen LogP contribution in [0.1, 0.15) is 23.9 Å². The van der Waals surface area contributed by atoms with Crippen LogP contribution in [0.5, 0.6) is 5.75 Å². The average molecular weight is 382 g/mol. The van der Waals surface area contributed by atoms with Crippen molar-refractivity contribution in [3.8, 4) is 17.3 Å². The smallest absolute Gasteiger partial charge is 0.333 e. The first-order valence-electron chi connectivity index (χ1n) is 9.00. The number of rotatable bonds is 9. The molecule has 7 heteroatoms. The summed E-state index contributed by atoms with van der Waals surface area (Å²) in [5.41, 5.74) is 2.23. The molecule has 0 aliphatic heterocycles. The normalized spacial score (nSPS) is 11.9. The fraction of sp³-hybridized carbons (Fsp3) is 0.286. The number of aryl methyl sites for hydroxylation is 1. The van der Waals surface area contributed by atoms with E-state index in [4.69, 9.17) is 13.9 Å². The van der Waals surface area contributed by atoms with Crippen LogP contribution in [-0.2, 0) is 22.6 Å². The largest absolute Gasteiger partial charge is 0.487 e. The van der Waals surface area contributed by atoms with Gasteiger partial charge < -0.3 is 19.0 Å². The lowest BCUT2D eigenvalue weighted by atomic mass is 10.1. The van der Waals surface area contributed by atoms with Crippen LogP contribution in [0, 0.1) is 6.92 Å². The van der Waals surface area contributed by atoms with Crippen molar-refractivity contribution in [1.29, 1.82) is 0 Å². The molecular weight excluding hydrogens is 360 g/mol. The van der Waals surface area contributed by atoms with Crippen molar-refractivity contribution in [2.45, 2.75) is 33.0 Å². The zero-order chi connectivity index (χ0) is 19.9. The zero-order valence-electron chi connectivity index (χ0n) is 15.8. The summed E-state index contributed by atoms with van der Waals surface area (Å²) in [6.07, 6.45) is 1.14. The molecule has 0 aliphatic rings. The predicted octanol–water partition coefficient (Wildman–Crippen LogP) is 3.66. The van der Waals surface area contributed by atoms with Crippen LogP contribution in [0.25, 0.3) is 11.6 Å². The molecule has 0 unspecified atom stereocenters. The van der Waals surface area contributed by atoms with Crippen molar-refractivity contribution in [2.75, 3.05) is 6.61 Å². The van der Waals surface area contributed by atoms with Gasteiger partial charge in [-0.05, 0) is 43.7 Å². The molecular formula is C21H22N2O5. The molecule has 0 bridgehead atoms. The Morgan fingerprint density at radius 1 is 1.21 bits per heavy atom. The highest BCUT2D eigenvalue weighted by Gasteiger charge is 2.18. The molecule has 0 fully saturated rings. The summed E-state index contributed by atoms with van der Waals surface area (Å²) in [5.74, 6) is 0.835. The van der Waals surface area contributed by atoms with Gasteiger partial charge in [-0.15, -0.1) is 0 Å². The lowest BCUT2D eigenvalue weighted by Gasteiger charge is -2.12. The Morgan fingerprint density at radius 2 is 2.00 bits per heavy atom. The van der Waals surface area contributed by atoms with Gasteiger partial charge in [-0.2, -0.15) is 0 Å². The molecule has 0 saturated heterocycles. The summed E-state index contributed by atoms with van der Waals surface area (Å²) in [6.45, 7) is 4.23. The van der Waals surface area contributed by atoms with E-state index in [1.165, 1.54) is 0 Å². The van der Waals surface area contributed by atoms with Crippen LogP contribution in [0.3, 0.4) is 0 Å². The van der Waals surface area contributed by atoms with E-state index in [0.717, 1.165) is 5.56 Å². The minimum absolute atomic E-state index is 0.262. The van der Waals surface area contributed by atoms with Crippen molar-refractivity contribution in [1.82, 2.24) is 9.97 Å². The maximum Gasteiger partial charge on any atom is 0.333 e. The van der Waals surface area contributed by atoms with Gasteiger partial charge in [0.15, 0.2) is 6.10 Å². The first-order valence-corrected chi connectivity index (χ1v) is 9.00. The van der Waals surface area contributed by atoms with Crippen molar-refractivity contribution in [3.63, 3.8) is 0 Å². The molecule has 1 N–H and O–H groups in total. The molecule has 2 aromatic heterocycles. The quantitative estimate of drug-likeness (QED) is 0.603. The van der Waals surface area contributed by atoms with Crippen LogP contribution >= 0.6 is 0 Å². The molecule has 0 amide bonds. The predicted molar refractivity (Wildman–Crippen MR) is 102 cm³/mol. The highest BCUT2D eigenvalue weighted by atomic mass is 16.5. The molecule has 3 aromatic rings. The Labute approximate surface area is 163 Å². The van der Waals surface area contributed by atoms with Crippen molar-refractivity contribution < 1.29 is 23.8 Å². The van der Waals surface area contributed by atoms with Crippen LogP contribution in [0.2, 0.25) is 0 Å². The number of benzene rings is 1. The number of carboxylic acid groups (broad SMARTS) is 1. The van der Waals surface area contributed by atoms with E-state index in [-0.39, 0.29) is 6.61 Å². The highest BCUT2D eigenvalue weighted by Crippen LogP contribution is 2.21. The molecule has 146 valence electrons. The van der Waals surface area contributed by atoms with Crippen LogP contribution in [0.15, 0.2) is 53.1 Å². The lowest BCUT2D eigenvalue weighted by molar-refractivity contribution is -0.149. The van der Waals surface area contributed by atoms with Crippen LogP contribution in [0.4, 0.5) is 0 Å². The number of hydrogen-bond acceptors (Lipinski definition) is 6. The third-order valence-electron chi connectivity index (χ3n) is 4.14. The minimum Gasteiger partial charge on any atom is -0.487 e. The van der Waals surface area contributed by atoms with E-state index >= 15 is 0 Å². The van der Waals surface area contributed by atoms with E-state index in [2.05, 4.69) is 9.97 Å². The van der Waals surface area contributed by atoms with Gasteiger partial charge in [-0.25, -0.2) is 9.78 Å². The van der Waals surface area contributed by atoms with E-state index in [0.29, 0.717) is 41.8 Å². The van der Waals surface area contributed by atoms with Gasteiger partial charge in [0.1, 0.15) is 29.5 Å². The van der Waals surface area contributed by atoms with Gasteiger partial charge in [0, 0.05) is 19.2 Å². The Hall–Kier alpha value is -3.19. The monoisotopic (exact) mass is 382 g/mol. The molecule has 3 rings (SSSR count). The summed E-state index contributed by atoms with van der Waals surface area (Å²) in [4.78, 5) is 19.9. The number of nitrogens with zero attached hydrogens (tertiary/aromatic N) is 2. The fourth-order valence-electron chi connectivity index (χ4n) is 2.67. The number of aliphatic carboxylic acids is 1. The Balaban J connectivity index is 1.61. The topological polar surface area (TPSA) is 94.7 Å². The lowest BCUT2D eigenvalue weighted by Crippen LogP contribution is -2.26. The number of oxazole rings is 1. The third-order valence-corrected chi connectivity index (χ3v) is 4.14. The van der Waals surface area contributed by atoms with Gasteiger partial charge in [-0.1, -0.05) is 18.2 Å². The molecule has 7 nitrogen and oxygen atoms in total. The van der Waals surface area contributed by atoms with Gasteiger partial charge in [-0.3, -0.25) is 4.98 Å². The van der Waals surface area contributed by atoms with E-state index in [9.17, 15) is 9.90 Å². The SMILES string of the molecule is CCO[C@@H](Cc1ccc(OCc2nc(-c3ccccn3)oc2C)cc1)C(=O)O. The molecule has 2 heterocycles. The molecule has 1 aromatic carbocycles. The second-order valence-corrected chi connectivity index (χ2v) is 6.16. The van der Waals surface area contributed by atoms with Crippen LogP contribution in [-0.4, -0.2) is 33.8 Å². The molecule has 0 radical (unpaired) electrons. The zero-order valence-corrected chi connectivity index (χ0v) is 15.8. The molecule has 1 atom stereocenters. The average Bonchev–Trinajstić information content (AvgIpc) is 3.08. The molecule has 0 aliphatic carbocycles. The van der Waals surface area contributed by atoms with E-state index in [1.807, 2.05) is 37.3 Å². The Morgan fingerprint density at radius 3 is 2.64 bits per heavy atom. The van der Waals surface area contributed by atoms with Gasteiger partial charge >= 0.3 is 5.97 Å². The first-order chi connectivity index (χ1) is 13.6. The summed E-state index contributed by atoms with van der Waals surface area (Å²) < 4.78 is 16.7. The molecule has 0 saturated carbocycles. The number of carboxylic acids is 1. The summed E-state index contributed by atoms with van der Waals surface area (Å²) >= 11 is 0. The summed E-state index contributed by atoms with van der Waals surface area (Å²) in [7, 11) is 0.